The first kappa shape index (κ1) is 16.8. The third kappa shape index (κ3) is 3.85. The number of nitrogens with zero attached hydrogens (tertiary/aromatic N) is 1. The van der Waals surface area contributed by atoms with Gasteiger partial charge in [0.15, 0.2) is 0 Å². The molecule has 0 unspecified atom stereocenters. The Kier molecular flexibility index (Phi) is 6.26. The number of hydrogen-bond donors (Lipinski definition) is 2. The summed E-state index contributed by atoms with van der Waals surface area (Å²) in [6.07, 6.45) is 2.57. The average molecular weight is 286 g/mol. The highest BCUT2D eigenvalue weighted by molar-refractivity contribution is 5.86. The summed E-state index contributed by atoms with van der Waals surface area (Å²) in [7, 11) is 0. The van der Waals surface area contributed by atoms with Crippen LogP contribution in [-0.2, 0) is 9.53 Å². The standard InChI is InChI=1S/C14H26N2O4/c1-4-14(5-2,12(17)18)15-13(19)16-9-7-11(8-10-16)20-6-3/h11H,4-10H2,1-3H3,(H,15,19)(H,17,18). The van der Waals surface area contributed by atoms with Crippen molar-refractivity contribution in [2.24, 2.45) is 0 Å². The smallest absolute Gasteiger partial charge is 0.329 e. The fourth-order valence-electron chi connectivity index (χ4n) is 2.53. The van der Waals surface area contributed by atoms with E-state index in [1.807, 2.05) is 6.92 Å². The minimum absolute atomic E-state index is 0.214. The van der Waals surface area contributed by atoms with E-state index in [0.717, 1.165) is 12.8 Å². The van der Waals surface area contributed by atoms with Gasteiger partial charge in [0.25, 0.3) is 0 Å². The van der Waals surface area contributed by atoms with Crippen LogP contribution in [0.25, 0.3) is 0 Å². The molecule has 1 heterocycles. The molecule has 1 rings (SSSR count). The summed E-state index contributed by atoms with van der Waals surface area (Å²) < 4.78 is 5.54. The molecule has 0 aromatic carbocycles. The van der Waals surface area contributed by atoms with Gasteiger partial charge in [-0.25, -0.2) is 9.59 Å². The predicted octanol–water partition coefficient (Wildman–Crippen LogP) is 1.84. The SMILES string of the molecule is CCOC1CCN(C(=O)NC(CC)(CC)C(=O)O)CC1. The topological polar surface area (TPSA) is 78.9 Å². The number of ether oxygens (including phenoxy) is 1. The third-order valence-corrected chi connectivity index (χ3v) is 4.09. The summed E-state index contributed by atoms with van der Waals surface area (Å²) >= 11 is 0. The maximum Gasteiger partial charge on any atom is 0.329 e. The van der Waals surface area contributed by atoms with Crippen molar-refractivity contribution in [1.82, 2.24) is 10.2 Å². The van der Waals surface area contributed by atoms with E-state index in [4.69, 9.17) is 4.74 Å². The van der Waals surface area contributed by atoms with Crippen LogP contribution < -0.4 is 5.32 Å². The minimum atomic E-state index is -1.16. The average Bonchev–Trinajstić information content (AvgIpc) is 2.45. The van der Waals surface area contributed by atoms with Crippen LogP contribution in [0.5, 0.6) is 0 Å². The number of carboxylic acid groups (broad SMARTS) is 1. The monoisotopic (exact) mass is 286 g/mol. The van der Waals surface area contributed by atoms with Gasteiger partial charge < -0.3 is 20.1 Å². The number of likely N-dealkylation sites (tertiary alicyclic amines) is 1. The second-order valence-electron chi connectivity index (χ2n) is 5.17. The molecule has 20 heavy (non-hydrogen) atoms. The van der Waals surface area contributed by atoms with E-state index < -0.39 is 11.5 Å². The third-order valence-electron chi connectivity index (χ3n) is 4.09. The van der Waals surface area contributed by atoms with Gasteiger partial charge in [0.1, 0.15) is 5.54 Å². The molecule has 0 saturated carbocycles. The lowest BCUT2D eigenvalue weighted by atomic mass is 9.93. The molecule has 6 heteroatoms. The van der Waals surface area contributed by atoms with Gasteiger partial charge >= 0.3 is 12.0 Å². The van der Waals surface area contributed by atoms with Crippen LogP contribution in [0.4, 0.5) is 4.79 Å². The number of rotatable bonds is 6. The molecule has 1 saturated heterocycles. The van der Waals surface area contributed by atoms with Crippen molar-refractivity contribution in [3.05, 3.63) is 0 Å². The molecular weight excluding hydrogens is 260 g/mol. The number of urea groups is 1. The Morgan fingerprint density at radius 2 is 1.80 bits per heavy atom. The first-order valence-corrected chi connectivity index (χ1v) is 7.41. The van der Waals surface area contributed by atoms with Gasteiger partial charge in [-0.2, -0.15) is 0 Å². The Hall–Kier alpha value is -1.30. The van der Waals surface area contributed by atoms with E-state index in [2.05, 4.69) is 5.32 Å². The number of carbonyl (C=O) groups is 2. The van der Waals surface area contributed by atoms with Crippen molar-refractivity contribution < 1.29 is 19.4 Å². The van der Waals surface area contributed by atoms with E-state index >= 15 is 0 Å². The predicted molar refractivity (Wildman–Crippen MR) is 75.7 cm³/mol. The molecule has 0 aromatic heterocycles. The van der Waals surface area contributed by atoms with E-state index in [9.17, 15) is 14.7 Å². The molecule has 0 atom stereocenters. The van der Waals surface area contributed by atoms with Crippen LogP contribution in [0.1, 0.15) is 46.5 Å². The number of carbonyl (C=O) groups excluding carboxylic acids is 1. The molecule has 116 valence electrons. The van der Waals surface area contributed by atoms with Crippen molar-refractivity contribution in [1.29, 1.82) is 0 Å². The molecule has 0 spiro atoms. The van der Waals surface area contributed by atoms with Crippen LogP contribution in [0.3, 0.4) is 0 Å². The van der Waals surface area contributed by atoms with Crippen molar-refractivity contribution in [2.45, 2.75) is 58.1 Å². The molecule has 0 bridgehead atoms. The molecule has 0 aliphatic carbocycles. The molecule has 1 aliphatic heterocycles. The zero-order valence-corrected chi connectivity index (χ0v) is 12.6. The van der Waals surface area contributed by atoms with Gasteiger partial charge in [-0.15, -0.1) is 0 Å². The number of hydrogen-bond acceptors (Lipinski definition) is 3. The Balaban J connectivity index is 2.57. The Bertz CT molecular complexity index is 334. The second kappa shape index (κ2) is 7.47. The minimum Gasteiger partial charge on any atom is -0.480 e. The lowest BCUT2D eigenvalue weighted by molar-refractivity contribution is -0.144. The Morgan fingerprint density at radius 1 is 1.25 bits per heavy atom. The molecular formula is C14H26N2O4. The highest BCUT2D eigenvalue weighted by Crippen LogP contribution is 2.18. The summed E-state index contributed by atoms with van der Waals surface area (Å²) in [5.41, 5.74) is -1.16. The van der Waals surface area contributed by atoms with Crippen molar-refractivity contribution in [3.63, 3.8) is 0 Å². The van der Waals surface area contributed by atoms with Crippen LogP contribution >= 0.6 is 0 Å². The van der Waals surface area contributed by atoms with Crippen LogP contribution in [0.2, 0.25) is 0 Å². The Morgan fingerprint density at radius 3 is 2.20 bits per heavy atom. The van der Waals surface area contributed by atoms with Gasteiger partial charge in [-0.05, 0) is 32.6 Å². The van der Waals surface area contributed by atoms with Gasteiger partial charge in [0, 0.05) is 19.7 Å². The summed E-state index contributed by atoms with van der Waals surface area (Å²) in [5.74, 6) is -0.972. The molecule has 1 aliphatic rings. The molecule has 6 nitrogen and oxygen atoms in total. The summed E-state index contributed by atoms with van der Waals surface area (Å²) in [5, 5.41) is 12.0. The van der Waals surface area contributed by atoms with E-state index in [1.54, 1.807) is 18.7 Å². The fourth-order valence-corrected chi connectivity index (χ4v) is 2.53. The molecule has 2 amide bonds. The van der Waals surface area contributed by atoms with Gasteiger partial charge in [-0.1, -0.05) is 13.8 Å². The maximum atomic E-state index is 12.2. The second-order valence-corrected chi connectivity index (χ2v) is 5.17. The Labute approximate surface area is 120 Å². The van der Waals surface area contributed by atoms with Crippen molar-refractivity contribution >= 4 is 12.0 Å². The van der Waals surface area contributed by atoms with Gasteiger partial charge in [-0.3, -0.25) is 0 Å². The highest BCUT2D eigenvalue weighted by Gasteiger charge is 2.38. The number of carboxylic acids is 1. The largest absolute Gasteiger partial charge is 0.480 e. The number of amides is 2. The normalized spacial score (nSPS) is 17.1. The number of piperidine rings is 1. The molecule has 0 radical (unpaired) electrons. The summed E-state index contributed by atoms with van der Waals surface area (Å²) in [6, 6.07) is -0.286. The molecule has 0 aromatic rings. The highest BCUT2D eigenvalue weighted by atomic mass is 16.5. The van der Waals surface area contributed by atoms with E-state index in [0.29, 0.717) is 32.5 Å². The first-order valence-electron chi connectivity index (χ1n) is 7.41. The van der Waals surface area contributed by atoms with Crippen molar-refractivity contribution in [3.8, 4) is 0 Å². The number of aliphatic carboxylic acids is 1. The number of nitrogens with one attached hydrogen (secondary N) is 1. The van der Waals surface area contributed by atoms with Crippen LogP contribution in [0, 0.1) is 0 Å². The van der Waals surface area contributed by atoms with Crippen LogP contribution in [0.15, 0.2) is 0 Å². The van der Waals surface area contributed by atoms with Gasteiger partial charge in [0.05, 0.1) is 6.10 Å². The van der Waals surface area contributed by atoms with E-state index in [1.165, 1.54) is 0 Å². The van der Waals surface area contributed by atoms with Crippen molar-refractivity contribution in [2.75, 3.05) is 19.7 Å². The fraction of sp³-hybridized carbons (Fsp3) is 0.857. The zero-order chi connectivity index (χ0) is 15.2. The summed E-state index contributed by atoms with van der Waals surface area (Å²) in [6.45, 7) is 7.42. The van der Waals surface area contributed by atoms with Crippen LogP contribution in [-0.4, -0.2) is 53.3 Å². The first-order chi connectivity index (χ1) is 9.49. The lowest BCUT2D eigenvalue weighted by Crippen LogP contribution is -2.58. The molecule has 2 N–H and O–H groups in total. The quantitative estimate of drug-likeness (QED) is 0.781. The lowest BCUT2D eigenvalue weighted by Gasteiger charge is -2.35. The van der Waals surface area contributed by atoms with Gasteiger partial charge in [0.2, 0.25) is 0 Å². The van der Waals surface area contributed by atoms with E-state index in [-0.39, 0.29) is 12.1 Å². The summed E-state index contributed by atoms with van der Waals surface area (Å²) in [4.78, 5) is 25.3. The zero-order valence-electron chi connectivity index (χ0n) is 12.6. The molecule has 1 fully saturated rings. The maximum absolute atomic E-state index is 12.2.